The van der Waals surface area contributed by atoms with Crippen molar-refractivity contribution in [2.75, 3.05) is 6.61 Å². The van der Waals surface area contributed by atoms with E-state index in [0.717, 1.165) is 61.7 Å². The second kappa shape index (κ2) is 8.01. The van der Waals surface area contributed by atoms with Crippen LogP contribution in [0.25, 0.3) is 38.4 Å². The fraction of sp³-hybridized carbons (Fsp3) is 0.310. The summed E-state index contributed by atoms with van der Waals surface area (Å²) in [6.45, 7) is 8.88. The van der Waals surface area contributed by atoms with Gasteiger partial charge in [-0.1, -0.05) is 26.0 Å². The van der Waals surface area contributed by atoms with Crippen molar-refractivity contribution >= 4 is 33.3 Å². The van der Waals surface area contributed by atoms with Crippen LogP contribution in [0.5, 0.6) is 5.75 Å². The zero-order valence-electron chi connectivity index (χ0n) is 20.9. The topological polar surface area (TPSA) is 89.6 Å². The standard InChI is InChI=1S/C29H28N4O3/c1-16-13-22-19(6-5-18-15-31-32-33(18)22)26(24(16)21(28(34)35)14-29(2,3)4)20-7-8-23-25-17(10-12-36-23)9-11-30-27(20)25/h5-9,11,13,15,21H,10,12,14H2,1-4H3,(H,34,35). The van der Waals surface area contributed by atoms with Gasteiger partial charge in [0.2, 0.25) is 0 Å². The minimum atomic E-state index is -0.825. The molecule has 0 fully saturated rings. The van der Waals surface area contributed by atoms with Crippen LogP contribution in [-0.4, -0.2) is 37.5 Å². The van der Waals surface area contributed by atoms with Crippen LogP contribution >= 0.6 is 0 Å². The predicted octanol–water partition coefficient (Wildman–Crippen LogP) is 5.95. The Morgan fingerprint density at radius 3 is 2.81 bits per heavy atom. The van der Waals surface area contributed by atoms with Gasteiger partial charge in [0.15, 0.2) is 0 Å². The van der Waals surface area contributed by atoms with Crippen LogP contribution in [0.1, 0.15) is 49.8 Å². The number of benzene rings is 2. The van der Waals surface area contributed by atoms with E-state index in [9.17, 15) is 9.90 Å². The molecule has 1 unspecified atom stereocenters. The molecule has 5 aromatic rings. The van der Waals surface area contributed by atoms with E-state index in [1.807, 2.05) is 54.0 Å². The van der Waals surface area contributed by atoms with Gasteiger partial charge in [-0.15, -0.1) is 5.10 Å². The molecular formula is C29H28N4O3. The molecule has 2 aromatic carbocycles. The summed E-state index contributed by atoms with van der Waals surface area (Å²) in [5.41, 5.74) is 7.15. The van der Waals surface area contributed by atoms with Crippen LogP contribution in [0.4, 0.5) is 0 Å². The first-order chi connectivity index (χ1) is 17.2. The summed E-state index contributed by atoms with van der Waals surface area (Å²) < 4.78 is 7.79. The Morgan fingerprint density at radius 2 is 2.03 bits per heavy atom. The van der Waals surface area contributed by atoms with Crippen LogP contribution in [0.15, 0.2) is 48.8 Å². The minimum absolute atomic E-state index is 0.177. The number of aryl methyl sites for hydroxylation is 1. The average Bonchev–Trinajstić information content (AvgIpc) is 3.32. The van der Waals surface area contributed by atoms with E-state index in [1.165, 1.54) is 5.56 Å². The molecule has 0 saturated carbocycles. The summed E-state index contributed by atoms with van der Waals surface area (Å²) in [6, 6.07) is 12.1. The lowest BCUT2D eigenvalue weighted by molar-refractivity contribution is -0.139. The molecule has 36 heavy (non-hydrogen) atoms. The summed E-state index contributed by atoms with van der Waals surface area (Å²) in [5.74, 6) is -0.683. The first-order valence-electron chi connectivity index (χ1n) is 12.3. The number of hydrogen-bond donors (Lipinski definition) is 1. The number of fused-ring (bicyclic) bond motifs is 3. The normalized spacial score (nSPS) is 14.3. The van der Waals surface area contributed by atoms with Gasteiger partial charge in [-0.2, -0.15) is 0 Å². The number of aliphatic carboxylic acids is 1. The number of ether oxygens (including phenoxy) is 1. The van der Waals surface area contributed by atoms with E-state index in [2.05, 4.69) is 31.1 Å². The Balaban J connectivity index is 1.77. The summed E-state index contributed by atoms with van der Waals surface area (Å²) in [7, 11) is 0. The number of carbonyl (C=O) groups is 1. The molecule has 7 nitrogen and oxygen atoms in total. The molecule has 0 spiro atoms. The fourth-order valence-corrected chi connectivity index (χ4v) is 5.66. The van der Waals surface area contributed by atoms with Gasteiger partial charge >= 0.3 is 5.97 Å². The van der Waals surface area contributed by atoms with Gasteiger partial charge in [0.25, 0.3) is 0 Å². The monoisotopic (exact) mass is 480 g/mol. The maximum atomic E-state index is 12.8. The lowest BCUT2D eigenvalue weighted by atomic mass is 9.76. The van der Waals surface area contributed by atoms with Gasteiger partial charge in [0.05, 0.1) is 35.3 Å². The zero-order chi connectivity index (χ0) is 25.2. The van der Waals surface area contributed by atoms with E-state index in [4.69, 9.17) is 9.72 Å². The van der Waals surface area contributed by atoms with Crippen molar-refractivity contribution in [2.45, 2.75) is 46.5 Å². The van der Waals surface area contributed by atoms with Gasteiger partial charge in [-0.25, -0.2) is 4.52 Å². The Hall–Kier alpha value is -4.00. The second-order valence-electron chi connectivity index (χ2n) is 10.9. The summed E-state index contributed by atoms with van der Waals surface area (Å²) in [4.78, 5) is 17.6. The molecule has 0 amide bonds. The minimum Gasteiger partial charge on any atom is -0.493 e. The number of carboxylic acid groups (broad SMARTS) is 1. The smallest absolute Gasteiger partial charge is 0.311 e. The number of rotatable bonds is 4. The molecule has 3 aromatic heterocycles. The van der Waals surface area contributed by atoms with Crippen molar-refractivity contribution in [1.29, 1.82) is 0 Å². The van der Waals surface area contributed by atoms with Crippen LogP contribution in [0.3, 0.4) is 0 Å². The molecule has 0 aliphatic carbocycles. The predicted molar refractivity (Wildman–Crippen MR) is 140 cm³/mol. The first kappa shape index (κ1) is 22.5. The number of hydrogen-bond acceptors (Lipinski definition) is 5. The van der Waals surface area contributed by atoms with Gasteiger partial charge in [-0.3, -0.25) is 9.78 Å². The molecule has 1 N–H and O–H groups in total. The highest BCUT2D eigenvalue weighted by molar-refractivity contribution is 6.08. The Labute approximate surface area is 208 Å². The molecule has 182 valence electrons. The third kappa shape index (κ3) is 3.49. The second-order valence-corrected chi connectivity index (χ2v) is 10.9. The highest BCUT2D eigenvalue weighted by atomic mass is 16.5. The molecule has 7 heteroatoms. The average molecular weight is 481 g/mol. The van der Waals surface area contributed by atoms with Crippen LogP contribution in [-0.2, 0) is 11.2 Å². The van der Waals surface area contributed by atoms with E-state index in [-0.39, 0.29) is 5.41 Å². The van der Waals surface area contributed by atoms with Crippen molar-refractivity contribution in [2.24, 2.45) is 5.41 Å². The number of carboxylic acids is 1. The zero-order valence-corrected chi connectivity index (χ0v) is 20.9. The van der Waals surface area contributed by atoms with Gasteiger partial charge in [0.1, 0.15) is 5.75 Å². The number of pyridine rings is 2. The first-order valence-corrected chi connectivity index (χ1v) is 12.3. The molecular weight excluding hydrogens is 452 g/mol. The lowest BCUT2D eigenvalue weighted by Crippen LogP contribution is -2.21. The summed E-state index contributed by atoms with van der Waals surface area (Å²) in [6.07, 6.45) is 4.89. The van der Waals surface area contributed by atoms with Crippen LogP contribution in [0, 0.1) is 12.3 Å². The SMILES string of the molecule is Cc1cc2c(ccc3cnnn32)c(-c2ccc3c4c(ccnc24)CCO3)c1C(CC(C)(C)C)C(=O)O. The summed E-state index contributed by atoms with van der Waals surface area (Å²) in [5, 5.41) is 20.8. The van der Waals surface area contributed by atoms with Gasteiger partial charge in [0, 0.05) is 29.0 Å². The van der Waals surface area contributed by atoms with Crippen molar-refractivity contribution in [1.82, 2.24) is 19.8 Å². The number of nitrogens with zero attached hydrogens (tertiary/aromatic N) is 4. The van der Waals surface area contributed by atoms with E-state index < -0.39 is 11.9 Å². The Bertz CT molecular complexity index is 1670. The lowest BCUT2D eigenvalue weighted by Gasteiger charge is -2.28. The van der Waals surface area contributed by atoms with Crippen LogP contribution in [0.2, 0.25) is 0 Å². The van der Waals surface area contributed by atoms with Crippen molar-refractivity contribution < 1.29 is 14.6 Å². The maximum Gasteiger partial charge on any atom is 0.311 e. The molecule has 1 aliphatic rings. The van der Waals surface area contributed by atoms with Crippen LogP contribution < -0.4 is 4.74 Å². The van der Waals surface area contributed by atoms with E-state index in [1.54, 1.807) is 6.20 Å². The van der Waals surface area contributed by atoms with Crippen molar-refractivity contribution in [3.63, 3.8) is 0 Å². The third-order valence-corrected chi connectivity index (χ3v) is 7.12. The summed E-state index contributed by atoms with van der Waals surface area (Å²) >= 11 is 0. The van der Waals surface area contributed by atoms with Gasteiger partial charge in [-0.05, 0) is 77.4 Å². The number of aromatic nitrogens is 4. The molecule has 1 atom stereocenters. The molecule has 1 aliphatic heterocycles. The molecule has 0 bridgehead atoms. The highest BCUT2D eigenvalue weighted by Gasteiger charge is 2.32. The Morgan fingerprint density at radius 1 is 1.19 bits per heavy atom. The molecule has 0 radical (unpaired) electrons. The fourth-order valence-electron chi connectivity index (χ4n) is 5.66. The molecule has 4 heterocycles. The van der Waals surface area contributed by atoms with E-state index >= 15 is 0 Å². The largest absolute Gasteiger partial charge is 0.493 e. The highest BCUT2D eigenvalue weighted by Crippen LogP contribution is 2.46. The molecule has 0 saturated heterocycles. The third-order valence-electron chi connectivity index (χ3n) is 7.12. The van der Waals surface area contributed by atoms with Gasteiger partial charge < -0.3 is 9.84 Å². The quantitative estimate of drug-likeness (QED) is 0.342. The maximum absolute atomic E-state index is 12.8. The van der Waals surface area contributed by atoms with E-state index in [0.29, 0.717) is 13.0 Å². The Kier molecular flexibility index (Phi) is 5.00. The van der Waals surface area contributed by atoms with Crippen molar-refractivity contribution in [3.8, 4) is 16.9 Å². The molecule has 6 rings (SSSR count). The van der Waals surface area contributed by atoms with Crippen molar-refractivity contribution in [3.05, 3.63) is 65.5 Å².